The van der Waals surface area contributed by atoms with E-state index in [1.807, 2.05) is 17.5 Å². The SMILES string of the molecule is CCOc1cc(C(=O)N2CCN(Cc3nc(-c4cccs4)no3)CC2)cc(Cl)c1O. The number of carbonyl (C=O) groups is 1. The molecule has 0 spiro atoms. The first-order valence-corrected chi connectivity index (χ1v) is 10.8. The summed E-state index contributed by atoms with van der Waals surface area (Å²) in [7, 11) is 0. The van der Waals surface area contributed by atoms with Crippen LogP contribution in [0.15, 0.2) is 34.2 Å². The van der Waals surface area contributed by atoms with Gasteiger partial charge in [0.05, 0.1) is 23.1 Å². The average molecular weight is 449 g/mol. The van der Waals surface area contributed by atoms with E-state index in [0.717, 1.165) is 4.88 Å². The summed E-state index contributed by atoms with van der Waals surface area (Å²) in [5, 5.41) is 16.1. The summed E-state index contributed by atoms with van der Waals surface area (Å²) >= 11 is 7.62. The molecule has 0 bridgehead atoms. The van der Waals surface area contributed by atoms with E-state index in [4.69, 9.17) is 20.9 Å². The van der Waals surface area contributed by atoms with E-state index < -0.39 is 0 Å². The fourth-order valence-electron chi connectivity index (χ4n) is 3.27. The number of nitrogens with zero attached hydrogens (tertiary/aromatic N) is 4. The third-order valence-corrected chi connectivity index (χ3v) is 5.96. The van der Waals surface area contributed by atoms with Crippen LogP contribution in [0.2, 0.25) is 5.02 Å². The van der Waals surface area contributed by atoms with E-state index in [-0.39, 0.29) is 22.4 Å². The lowest BCUT2D eigenvalue weighted by molar-refractivity contribution is 0.0614. The van der Waals surface area contributed by atoms with Crippen molar-refractivity contribution in [3.8, 4) is 22.2 Å². The monoisotopic (exact) mass is 448 g/mol. The number of aromatic nitrogens is 2. The first kappa shape index (κ1) is 20.6. The average Bonchev–Trinajstić information content (AvgIpc) is 3.43. The maximum atomic E-state index is 12.9. The van der Waals surface area contributed by atoms with Gasteiger partial charge in [-0.3, -0.25) is 9.69 Å². The molecule has 158 valence electrons. The second-order valence-electron chi connectivity index (χ2n) is 6.80. The smallest absolute Gasteiger partial charge is 0.254 e. The lowest BCUT2D eigenvalue weighted by atomic mass is 10.1. The summed E-state index contributed by atoms with van der Waals surface area (Å²) in [6, 6.07) is 6.91. The molecule has 0 radical (unpaired) electrons. The molecule has 0 aliphatic carbocycles. The maximum absolute atomic E-state index is 12.9. The number of ether oxygens (including phenoxy) is 1. The molecule has 4 rings (SSSR count). The van der Waals surface area contributed by atoms with Crippen molar-refractivity contribution in [2.75, 3.05) is 32.8 Å². The van der Waals surface area contributed by atoms with Crippen LogP contribution in [-0.2, 0) is 6.54 Å². The van der Waals surface area contributed by atoms with Crippen LogP contribution in [0.1, 0.15) is 23.2 Å². The zero-order chi connectivity index (χ0) is 21.1. The number of hydrogen-bond donors (Lipinski definition) is 1. The van der Waals surface area contributed by atoms with E-state index in [1.165, 1.54) is 12.1 Å². The number of rotatable bonds is 6. The van der Waals surface area contributed by atoms with Crippen LogP contribution >= 0.6 is 22.9 Å². The van der Waals surface area contributed by atoms with Crippen molar-refractivity contribution in [2.45, 2.75) is 13.5 Å². The van der Waals surface area contributed by atoms with Crippen LogP contribution in [-0.4, -0.2) is 63.7 Å². The molecule has 0 atom stereocenters. The van der Waals surface area contributed by atoms with Crippen molar-refractivity contribution in [1.82, 2.24) is 19.9 Å². The fraction of sp³-hybridized carbons (Fsp3) is 0.350. The number of carbonyl (C=O) groups excluding carboxylic acids is 1. The van der Waals surface area contributed by atoms with Gasteiger partial charge in [0, 0.05) is 31.7 Å². The summed E-state index contributed by atoms with van der Waals surface area (Å²) in [6.07, 6.45) is 0. The first-order valence-electron chi connectivity index (χ1n) is 9.58. The molecule has 30 heavy (non-hydrogen) atoms. The fourth-order valence-corrected chi connectivity index (χ4v) is 4.13. The molecule has 1 N–H and O–H groups in total. The topological polar surface area (TPSA) is 91.9 Å². The highest BCUT2D eigenvalue weighted by Gasteiger charge is 2.25. The number of amides is 1. The van der Waals surface area contributed by atoms with Gasteiger partial charge in [0.2, 0.25) is 11.7 Å². The van der Waals surface area contributed by atoms with Crippen molar-refractivity contribution in [3.63, 3.8) is 0 Å². The number of phenolic OH excluding ortho intramolecular Hbond substituents is 1. The molecule has 3 heterocycles. The number of aromatic hydroxyl groups is 1. The number of halogens is 1. The minimum Gasteiger partial charge on any atom is -0.503 e. The van der Waals surface area contributed by atoms with Gasteiger partial charge in [0.1, 0.15) is 0 Å². The van der Waals surface area contributed by atoms with E-state index >= 15 is 0 Å². The van der Waals surface area contributed by atoms with Crippen LogP contribution in [0, 0.1) is 0 Å². The van der Waals surface area contributed by atoms with Crippen molar-refractivity contribution in [1.29, 1.82) is 0 Å². The Hall–Kier alpha value is -2.62. The van der Waals surface area contributed by atoms with Crippen molar-refractivity contribution in [2.24, 2.45) is 0 Å². The zero-order valence-electron chi connectivity index (χ0n) is 16.4. The molecule has 1 aromatic carbocycles. The van der Waals surface area contributed by atoms with Crippen LogP contribution in [0.5, 0.6) is 11.5 Å². The summed E-state index contributed by atoms with van der Waals surface area (Å²) < 4.78 is 10.7. The summed E-state index contributed by atoms with van der Waals surface area (Å²) in [5.74, 6) is 1.08. The molecular weight excluding hydrogens is 428 g/mol. The van der Waals surface area contributed by atoms with Crippen LogP contribution in [0.4, 0.5) is 0 Å². The van der Waals surface area contributed by atoms with Crippen molar-refractivity contribution in [3.05, 3.63) is 46.1 Å². The molecule has 0 unspecified atom stereocenters. The van der Waals surface area contributed by atoms with Gasteiger partial charge in [-0.1, -0.05) is 22.8 Å². The normalized spacial score (nSPS) is 14.8. The predicted octanol–water partition coefficient (Wildman–Crippen LogP) is 3.51. The molecule has 0 saturated carbocycles. The highest BCUT2D eigenvalue weighted by Crippen LogP contribution is 2.35. The van der Waals surface area contributed by atoms with E-state index in [9.17, 15) is 9.90 Å². The van der Waals surface area contributed by atoms with E-state index in [0.29, 0.717) is 56.6 Å². The molecule has 1 saturated heterocycles. The standard InChI is InChI=1S/C20H21ClN4O4S/c1-2-28-15-11-13(10-14(21)18(15)26)20(27)25-7-5-24(6-8-25)12-17-22-19(23-29-17)16-4-3-9-30-16/h3-4,9-11,26H,2,5-8,12H2,1H3. The van der Waals surface area contributed by atoms with Crippen molar-refractivity contribution >= 4 is 28.8 Å². The second kappa shape index (κ2) is 9.03. The highest BCUT2D eigenvalue weighted by atomic mass is 35.5. The number of phenols is 1. The quantitative estimate of drug-likeness (QED) is 0.616. The van der Waals surface area contributed by atoms with E-state index in [1.54, 1.807) is 23.2 Å². The Morgan fingerprint density at radius 1 is 1.33 bits per heavy atom. The van der Waals surface area contributed by atoms with Crippen molar-refractivity contribution < 1.29 is 19.2 Å². The van der Waals surface area contributed by atoms with Crippen LogP contribution < -0.4 is 4.74 Å². The summed E-state index contributed by atoms with van der Waals surface area (Å²) in [4.78, 5) is 22.3. The molecule has 1 fully saturated rings. The zero-order valence-corrected chi connectivity index (χ0v) is 17.9. The Labute approximate surface area is 182 Å². The number of piperazine rings is 1. The Morgan fingerprint density at radius 3 is 2.83 bits per heavy atom. The molecule has 1 aliphatic rings. The second-order valence-corrected chi connectivity index (χ2v) is 8.15. The van der Waals surface area contributed by atoms with Gasteiger partial charge in [0.25, 0.3) is 5.91 Å². The third-order valence-electron chi connectivity index (χ3n) is 4.80. The molecule has 3 aromatic rings. The number of benzene rings is 1. The summed E-state index contributed by atoms with van der Waals surface area (Å²) in [5.41, 5.74) is 0.396. The minimum absolute atomic E-state index is 0.0980. The first-order chi connectivity index (χ1) is 14.5. The van der Waals surface area contributed by atoms with Gasteiger partial charge in [0.15, 0.2) is 11.5 Å². The number of thiophene rings is 1. The molecule has 10 heteroatoms. The largest absolute Gasteiger partial charge is 0.503 e. The number of hydrogen-bond acceptors (Lipinski definition) is 8. The highest BCUT2D eigenvalue weighted by molar-refractivity contribution is 7.13. The van der Waals surface area contributed by atoms with Gasteiger partial charge < -0.3 is 19.3 Å². The Bertz CT molecular complexity index is 1020. The van der Waals surface area contributed by atoms with Crippen LogP contribution in [0.3, 0.4) is 0 Å². The lowest BCUT2D eigenvalue weighted by Gasteiger charge is -2.34. The predicted molar refractivity (Wildman–Crippen MR) is 113 cm³/mol. The molecule has 1 amide bonds. The molecule has 1 aliphatic heterocycles. The Kier molecular flexibility index (Phi) is 6.21. The third kappa shape index (κ3) is 4.43. The Balaban J connectivity index is 1.36. The van der Waals surface area contributed by atoms with Gasteiger partial charge in [-0.2, -0.15) is 4.98 Å². The van der Waals surface area contributed by atoms with Crippen LogP contribution in [0.25, 0.3) is 10.7 Å². The maximum Gasteiger partial charge on any atom is 0.254 e. The van der Waals surface area contributed by atoms with Gasteiger partial charge in [-0.05, 0) is 30.5 Å². The van der Waals surface area contributed by atoms with E-state index in [2.05, 4.69) is 15.0 Å². The Morgan fingerprint density at radius 2 is 2.13 bits per heavy atom. The molecule has 2 aromatic heterocycles. The van der Waals surface area contributed by atoms with Gasteiger partial charge in [-0.15, -0.1) is 11.3 Å². The van der Waals surface area contributed by atoms with Gasteiger partial charge >= 0.3 is 0 Å². The van der Waals surface area contributed by atoms with Gasteiger partial charge in [-0.25, -0.2) is 0 Å². The molecular formula is C20H21ClN4O4S. The minimum atomic E-state index is -0.152. The summed E-state index contributed by atoms with van der Waals surface area (Å²) in [6.45, 7) is 5.21. The molecule has 8 nitrogen and oxygen atoms in total. The lowest BCUT2D eigenvalue weighted by Crippen LogP contribution is -2.48.